The van der Waals surface area contributed by atoms with Crippen LogP contribution in [0.4, 0.5) is 5.82 Å². The van der Waals surface area contributed by atoms with Gasteiger partial charge >= 0.3 is 0 Å². The monoisotopic (exact) mass is 246 g/mol. The van der Waals surface area contributed by atoms with Gasteiger partial charge in [-0.05, 0) is 31.6 Å². The highest BCUT2D eigenvalue weighted by Gasteiger charge is 2.17. The van der Waals surface area contributed by atoms with Crippen molar-refractivity contribution in [1.29, 1.82) is 0 Å². The van der Waals surface area contributed by atoms with E-state index in [0.29, 0.717) is 0 Å². The van der Waals surface area contributed by atoms with E-state index in [2.05, 4.69) is 34.3 Å². The molecule has 0 aliphatic carbocycles. The predicted molar refractivity (Wildman–Crippen MR) is 74.2 cm³/mol. The van der Waals surface area contributed by atoms with E-state index in [1.165, 1.54) is 17.1 Å². The van der Waals surface area contributed by atoms with Crippen LogP contribution in [0, 0.1) is 0 Å². The summed E-state index contributed by atoms with van der Waals surface area (Å²) in [5.41, 5.74) is 2.73. The van der Waals surface area contributed by atoms with Crippen LogP contribution >= 0.6 is 0 Å². The summed E-state index contributed by atoms with van der Waals surface area (Å²) in [4.78, 5) is 9.68. The first-order chi connectivity index (χ1) is 8.83. The Morgan fingerprint density at radius 1 is 1.06 bits per heavy atom. The number of aromatic nitrogens is 1. The number of likely N-dealkylation sites (N-methyl/N-ethyl adjacent to an activating group) is 1. The van der Waals surface area contributed by atoms with Crippen molar-refractivity contribution < 1.29 is 0 Å². The summed E-state index contributed by atoms with van der Waals surface area (Å²) in [5.74, 6) is 1.17. The molecule has 3 rings (SSSR count). The van der Waals surface area contributed by atoms with Gasteiger partial charge in [0.2, 0.25) is 0 Å². The largest absolute Gasteiger partial charge is 0.354 e. The van der Waals surface area contributed by atoms with Crippen molar-refractivity contribution in [3.8, 4) is 0 Å². The van der Waals surface area contributed by atoms with E-state index < -0.39 is 0 Å². The van der Waals surface area contributed by atoms with Crippen LogP contribution in [-0.4, -0.2) is 56.2 Å². The van der Waals surface area contributed by atoms with Crippen molar-refractivity contribution in [2.24, 2.45) is 0 Å². The van der Waals surface area contributed by atoms with Crippen LogP contribution in [0.3, 0.4) is 0 Å². The lowest BCUT2D eigenvalue weighted by molar-refractivity contribution is 0.312. The Hall–Kier alpha value is -1.13. The summed E-state index contributed by atoms with van der Waals surface area (Å²) in [6.07, 6.45) is 2.18. The SMILES string of the molecule is CN1CCN(c2ccc3c(n2)CCNCC3)CC1. The van der Waals surface area contributed by atoms with Gasteiger partial charge in [0.1, 0.15) is 5.82 Å². The van der Waals surface area contributed by atoms with Crippen LogP contribution in [0.1, 0.15) is 11.3 Å². The van der Waals surface area contributed by atoms with Crippen LogP contribution in [0.5, 0.6) is 0 Å². The topological polar surface area (TPSA) is 31.4 Å². The van der Waals surface area contributed by atoms with Crippen molar-refractivity contribution in [1.82, 2.24) is 15.2 Å². The number of piperazine rings is 1. The quantitative estimate of drug-likeness (QED) is 0.783. The number of hydrogen-bond donors (Lipinski definition) is 1. The highest BCUT2D eigenvalue weighted by atomic mass is 15.3. The summed E-state index contributed by atoms with van der Waals surface area (Å²) in [6, 6.07) is 4.48. The lowest BCUT2D eigenvalue weighted by Crippen LogP contribution is -2.44. The molecule has 4 heteroatoms. The zero-order valence-electron chi connectivity index (χ0n) is 11.2. The fraction of sp³-hybridized carbons (Fsp3) is 0.643. The molecule has 2 aliphatic rings. The molecule has 0 amide bonds. The number of nitrogens with one attached hydrogen (secondary N) is 1. The van der Waals surface area contributed by atoms with Gasteiger partial charge in [0.05, 0.1) is 0 Å². The molecule has 1 fully saturated rings. The molecular weight excluding hydrogens is 224 g/mol. The summed E-state index contributed by atoms with van der Waals surface area (Å²) in [6.45, 7) is 6.62. The van der Waals surface area contributed by atoms with E-state index in [9.17, 15) is 0 Å². The van der Waals surface area contributed by atoms with Crippen molar-refractivity contribution in [3.63, 3.8) is 0 Å². The number of pyridine rings is 1. The Labute approximate surface area is 109 Å². The average Bonchev–Trinajstić information content (AvgIpc) is 2.64. The maximum Gasteiger partial charge on any atom is 0.128 e. The lowest BCUT2D eigenvalue weighted by atomic mass is 10.1. The first-order valence-electron chi connectivity index (χ1n) is 6.96. The van der Waals surface area contributed by atoms with E-state index in [4.69, 9.17) is 4.98 Å². The van der Waals surface area contributed by atoms with Gasteiger partial charge in [-0.15, -0.1) is 0 Å². The van der Waals surface area contributed by atoms with Gasteiger partial charge in [0.25, 0.3) is 0 Å². The Morgan fingerprint density at radius 2 is 1.83 bits per heavy atom. The molecule has 0 aromatic carbocycles. The molecule has 98 valence electrons. The number of hydrogen-bond acceptors (Lipinski definition) is 4. The van der Waals surface area contributed by atoms with Crippen molar-refractivity contribution in [2.75, 3.05) is 51.2 Å². The number of nitrogens with zero attached hydrogens (tertiary/aromatic N) is 3. The molecule has 0 radical (unpaired) electrons. The second-order valence-corrected chi connectivity index (χ2v) is 5.32. The fourth-order valence-electron chi connectivity index (χ4n) is 2.73. The third-order valence-electron chi connectivity index (χ3n) is 3.99. The molecule has 1 N–H and O–H groups in total. The van der Waals surface area contributed by atoms with Gasteiger partial charge in [-0.1, -0.05) is 6.07 Å². The molecule has 1 aromatic rings. The fourth-order valence-corrected chi connectivity index (χ4v) is 2.73. The Balaban J connectivity index is 1.79. The standard InChI is InChI=1S/C14H22N4/c1-17-8-10-18(11-9-17)14-3-2-12-4-6-15-7-5-13(12)16-14/h2-3,15H,4-11H2,1H3. The van der Waals surface area contributed by atoms with Gasteiger partial charge in [-0.2, -0.15) is 0 Å². The van der Waals surface area contributed by atoms with Gasteiger partial charge in [0.15, 0.2) is 0 Å². The molecule has 0 saturated carbocycles. The van der Waals surface area contributed by atoms with Gasteiger partial charge < -0.3 is 15.1 Å². The van der Waals surface area contributed by atoms with Crippen LogP contribution in [-0.2, 0) is 12.8 Å². The molecule has 2 aliphatic heterocycles. The summed E-state index contributed by atoms with van der Waals surface area (Å²) >= 11 is 0. The third-order valence-corrected chi connectivity index (χ3v) is 3.99. The lowest BCUT2D eigenvalue weighted by Gasteiger charge is -2.33. The molecule has 1 saturated heterocycles. The van der Waals surface area contributed by atoms with Crippen LogP contribution in [0.15, 0.2) is 12.1 Å². The third kappa shape index (κ3) is 2.49. The molecule has 18 heavy (non-hydrogen) atoms. The van der Waals surface area contributed by atoms with Gasteiger partial charge in [0, 0.05) is 44.8 Å². The first kappa shape index (κ1) is 11.9. The molecule has 3 heterocycles. The first-order valence-corrected chi connectivity index (χ1v) is 6.96. The highest BCUT2D eigenvalue weighted by Crippen LogP contribution is 2.18. The molecule has 0 unspecified atom stereocenters. The Bertz CT molecular complexity index is 410. The minimum absolute atomic E-state index is 1.06. The van der Waals surface area contributed by atoms with Crippen LogP contribution in [0.25, 0.3) is 0 Å². The summed E-state index contributed by atoms with van der Waals surface area (Å²) in [7, 11) is 2.19. The number of anilines is 1. The van der Waals surface area contributed by atoms with Crippen molar-refractivity contribution in [2.45, 2.75) is 12.8 Å². The molecule has 0 atom stereocenters. The van der Waals surface area contributed by atoms with Crippen LogP contribution in [0.2, 0.25) is 0 Å². The van der Waals surface area contributed by atoms with Crippen molar-refractivity contribution in [3.05, 3.63) is 23.4 Å². The van der Waals surface area contributed by atoms with E-state index in [0.717, 1.165) is 52.1 Å². The summed E-state index contributed by atoms with van der Waals surface area (Å²) < 4.78 is 0. The van der Waals surface area contributed by atoms with Crippen LogP contribution < -0.4 is 10.2 Å². The second-order valence-electron chi connectivity index (χ2n) is 5.32. The maximum atomic E-state index is 4.89. The Kier molecular flexibility index (Phi) is 3.48. The average molecular weight is 246 g/mol. The minimum Gasteiger partial charge on any atom is -0.354 e. The molecule has 0 spiro atoms. The van der Waals surface area contributed by atoms with Crippen molar-refractivity contribution >= 4 is 5.82 Å². The normalized spacial score (nSPS) is 21.5. The van der Waals surface area contributed by atoms with E-state index in [1.807, 2.05) is 0 Å². The van der Waals surface area contributed by atoms with Gasteiger partial charge in [-0.25, -0.2) is 4.98 Å². The Morgan fingerprint density at radius 3 is 2.67 bits per heavy atom. The molecular formula is C14H22N4. The predicted octanol–water partition coefficient (Wildman–Crippen LogP) is 0.522. The summed E-state index contributed by atoms with van der Waals surface area (Å²) in [5, 5.41) is 3.44. The minimum atomic E-state index is 1.06. The molecule has 1 aromatic heterocycles. The van der Waals surface area contributed by atoms with E-state index in [-0.39, 0.29) is 0 Å². The van der Waals surface area contributed by atoms with Gasteiger partial charge in [-0.3, -0.25) is 0 Å². The van der Waals surface area contributed by atoms with E-state index in [1.54, 1.807) is 0 Å². The number of fused-ring (bicyclic) bond motifs is 1. The zero-order chi connectivity index (χ0) is 12.4. The van der Waals surface area contributed by atoms with E-state index >= 15 is 0 Å². The number of rotatable bonds is 1. The smallest absolute Gasteiger partial charge is 0.128 e. The molecule has 4 nitrogen and oxygen atoms in total. The zero-order valence-corrected chi connectivity index (χ0v) is 11.2. The maximum absolute atomic E-state index is 4.89. The molecule has 0 bridgehead atoms. The highest BCUT2D eigenvalue weighted by molar-refractivity contribution is 5.43. The second kappa shape index (κ2) is 5.24.